The molecule has 0 fully saturated rings. The van der Waals surface area contributed by atoms with E-state index in [1.807, 2.05) is 83.1 Å². The van der Waals surface area contributed by atoms with Crippen molar-refractivity contribution in [3.8, 4) is 5.75 Å². The molecule has 0 heterocycles. The SMILES string of the molecule is C=C(C)c1cccc(C(C)(C)N(C(=O)O)C(C)COc2ccccc2C(=C)C)c1. The highest BCUT2D eigenvalue weighted by atomic mass is 16.5. The van der Waals surface area contributed by atoms with E-state index in [0.717, 1.165) is 27.8 Å². The number of allylic oxidation sites excluding steroid dienone is 2. The number of para-hydroxylation sites is 1. The lowest BCUT2D eigenvalue weighted by Gasteiger charge is -2.41. The molecule has 2 aromatic carbocycles. The molecule has 0 radical (unpaired) electrons. The molecule has 2 aromatic rings. The number of rotatable bonds is 8. The molecular weight excluding hydrogens is 362 g/mol. The number of hydrogen-bond donors (Lipinski definition) is 1. The Morgan fingerprint density at radius 2 is 1.76 bits per heavy atom. The maximum Gasteiger partial charge on any atom is 0.408 e. The Kier molecular flexibility index (Phi) is 6.91. The molecular formula is C25H31NO3. The van der Waals surface area contributed by atoms with Crippen molar-refractivity contribution in [1.82, 2.24) is 4.90 Å². The first-order valence-corrected chi connectivity index (χ1v) is 9.72. The Labute approximate surface area is 174 Å². The summed E-state index contributed by atoms with van der Waals surface area (Å²) in [7, 11) is 0. The van der Waals surface area contributed by atoms with E-state index in [1.54, 1.807) is 0 Å². The van der Waals surface area contributed by atoms with Gasteiger partial charge in [0.25, 0.3) is 0 Å². The summed E-state index contributed by atoms with van der Waals surface area (Å²) in [4.78, 5) is 13.7. The first-order chi connectivity index (χ1) is 13.6. The van der Waals surface area contributed by atoms with Crippen LogP contribution in [0.1, 0.15) is 51.3 Å². The molecule has 0 aliphatic rings. The highest BCUT2D eigenvalue weighted by Gasteiger charge is 2.36. The summed E-state index contributed by atoms with van der Waals surface area (Å²) in [6.07, 6.45) is -0.986. The molecule has 1 N–H and O–H groups in total. The minimum atomic E-state index is -0.986. The summed E-state index contributed by atoms with van der Waals surface area (Å²) in [6, 6.07) is 15.2. The van der Waals surface area contributed by atoms with Crippen LogP contribution in [0.15, 0.2) is 61.7 Å². The van der Waals surface area contributed by atoms with Crippen LogP contribution < -0.4 is 4.74 Å². The van der Waals surface area contributed by atoms with Gasteiger partial charge < -0.3 is 9.84 Å². The van der Waals surface area contributed by atoms with Crippen LogP contribution in [-0.2, 0) is 5.54 Å². The number of amides is 1. The normalized spacial score (nSPS) is 12.2. The lowest BCUT2D eigenvalue weighted by atomic mass is 9.89. The molecule has 4 heteroatoms. The van der Waals surface area contributed by atoms with E-state index in [1.165, 1.54) is 4.90 Å². The first kappa shape index (κ1) is 22.3. The van der Waals surface area contributed by atoms with Crippen LogP contribution in [-0.4, -0.2) is 28.7 Å². The van der Waals surface area contributed by atoms with E-state index in [2.05, 4.69) is 13.2 Å². The third kappa shape index (κ3) is 5.08. The largest absolute Gasteiger partial charge is 0.491 e. The fourth-order valence-corrected chi connectivity index (χ4v) is 3.51. The van der Waals surface area contributed by atoms with Gasteiger partial charge in [-0.1, -0.05) is 55.1 Å². The van der Waals surface area contributed by atoms with Crippen LogP contribution in [0.25, 0.3) is 11.1 Å². The highest BCUT2D eigenvalue weighted by molar-refractivity contribution is 5.68. The van der Waals surface area contributed by atoms with E-state index >= 15 is 0 Å². The summed E-state index contributed by atoms with van der Waals surface area (Å²) in [6.45, 7) is 17.8. The zero-order valence-corrected chi connectivity index (χ0v) is 18.0. The first-order valence-electron chi connectivity index (χ1n) is 9.72. The third-order valence-electron chi connectivity index (χ3n) is 5.14. The molecule has 1 atom stereocenters. The molecule has 29 heavy (non-hydrogen) atoms. The second kappa shape index (κ2) is 8.99. The van der Waals surface area contributed by atoms with Crippen LogP contribution in [0, 0.1) is 0 Å². The van der Waals surface area contributed by atoms with Crippen molar-refractivity contribution in [2.45, 2.75) is 46.2 Å². The van der Waals surface area contributed by atoms with Gasteiger partial charge in [-0.15, -0.1) is 0 Å². The topological polar surface area (TPSA) is 49.8 Å². The average molecular weight is 394 g/mol. The number of carbonyl (C=O) groups is 1. The maximum absolute atomic E-state index is 12.2. The lowest BCUT2D eigenvalue weighted by Crippen LogP contribution is -2.51. The Morgan fingerprint density at radius 1 is 1.10 bits per heavy atom. The van der Waals surface area contributed by atoms with Gasteiger partial charge in [-0.2, -0.15) is 0 Å². The van der Waals surface area contributed by atoms with Crippen molar-refractivity contribution in [2.75, 3.05) is 6.61 Å². The van der Waals surface area contributed by atoms with Gasteiger partial charge in [0.2, 0.25) is 0 Å². The number of nitrogens with zero attached hydrogens (tertiary/aromatic N) is 1. The number of ether oxygens (including phenoxy) is 1. The van der Waals surface area contributed by atoms with Crippen molar-refractivity contribution < 1.29 is 14.6 Å². The van der Waals surface area contributed by atoms with Crippen molar-refractivity contribution >= 4 is 17.2 Å². The smallest absolute Gasteiger partial charge is 0.408 e. The molecule has 0 bridgehead atoms. The van der Waals surface area contributed by atoms with Crippen molar-refractivity contribution in [3.05, 3.63) is 78.4 Å². The monoisotopic (exact) mass is 393 g/mol. The molecule has 0 spiro atoms. The van der Waals surface area contributed by atoms with E-state index in [0.29, 0.717) is 5.75 Å². The Morgan fingerprint density at radius 3 is 2.34 bits per heavy atom. The standard InChI is InChI=1S/C25H31NO3/c1-17(2)20-11-10-12-21(15-20)25(6,7)26(24(27)28)19(5)16-29-23-14-9-8-13-22(23)18(3)4/h8-15,19H,1,3,16H2,2,4-7H3,(H,27,28). The molecule has 1 amide bonds. The summed E-state index contributed by atoms with van der Waals surface area (Å²) in [5, 5.41) is 10.00. The average Bonchev–Trinajstić information content (AvgIpc) is 2.66. The molecule has 2 rings (SSSR count). The molecule has 154 valence electrons. The van der Waals surface area contributed by atoms with Gasteiger partial charge in [0.1, 0.15) is 12.4 Å². The van der Waals surface area contributed by atoms with E-state index in [4.69, 9.17) is 4.74 Å². The molecule has 0 saturated carbocycles. The zero-order chi connectivity index (χ0) is 21.8. The quantitative estimate of drug-likeness (QED) is 0.562. The third-order valence-corrected chi connectivity index (χ3v) is 5.14. The van der Waals surface area contributed by atoms with Crippen LogP contribution in [0.5, 0.6) is 5.75 Å². The Hall–Kier alpha value is -3.01. The van der Waals surface area contributed by atoms with Crippen molar-refractivity contribution in [2.24, 2.45) is 0 Å². The molecule has 0 aliphatic carbocycles. The molecule has 0 saturated heterocycles. The van der Waals surface area contributed by atoms with Gasteiger partial charge in [0, 0.05) is 5.56 Å². The van der Waals surface area contributed by atoms with Gasteiger partial charge in [0.15, 0.2) is 0 Å². The van der Waals surface area contributed by atoms with Gasteiger partial charge in [-0.25, -0.2) is 4.79 Å². The van der Waals surface area contributed by atoms with Crippen LogP contribution in [0.4, 0.5) is 4.79 Å². The minimum Gasteiger partial charge on any atom is -0.491 e. The van der Waals surface area contributed by atoms with Crippen molar-refractivity contribution in [1.29, 1.82) is 0 Å². The summed E-state index contributed by atoms with van der Waals surface area (Å²) < 4.78 is 6.00. The van der Waals surface area contributed by atoms with Gasteiger partial charge in [-0.3, -0.25) is 4.90 Å². The molecule has 4 nitrogen and oxygen atoms in total. The van der Waals surface area contributed by atoms with Gasteiger partial charge in [-0.05, 0) is 63.5 Å². The highest BCUT2D eigenvalue weighted by Crippen LogP contribution is 2.32. The summed E-state index contributed by atoms with van der Waals surface area (Å²) in [5.41, 5.74) is 3.94. The van der Waals surface area contributed by atoms with E-state index in [-0.39, 0.29) is 12.6 Å². The van der Waals surface area contributed by atoms with Crippen LogP contribution in [0.3, 0.4) is 0 Å². The maximum atomic E-state index is 12.2. The van der Waals surface area contributed by atoms with Gasteiger partial charge in [0.05, 0.1) is 11.6 Å². The predicted molar refractivity (Wildman–Crippen MR) is 120 cm³/mol. The zero-order valence-electron chi connectivity index (χ0n) is 18.0. The van der Waals surface area contributed by atoms with Gasteiger partial charge >= 0.3 is 6.09 Å². The lowest BCUT2D eigenvalue weighted by molar-refractivity contribution is 0.0482. The second-order valence-electron chi connectivity index (χ2n) is 8.01. The number of benzene rings is 2. The minimum absolute atomic E-state index is 0.236. The van der Waals surface area contributed by atoms with Crippen LogP contribution in [0.2, 0.25) is 0 Å². The molecule has 0 aliphatic heterocycles. The fourth-order valence-electron chi connectivity index (χ4n) is 3.51. The fraction of sp³-hybridized carbons (Fsp3) is 0.320. The molecule has 1 unspecified atom stereocenters. The van der Waals surface area contributed by atoms with E-state index < -0.39 is 11.6 Å². The predicted octanol–water partition coefficient (Wildman–Crippen LogP) is 6.44. The number of hydrogen-bond acceptors (Lipinski definition) is 2. The summed E-state index contributed by atoms with van der Waals surface area (Å²) >= 11 is 0. The van der Waals surface area contributed by atoms with Crippen molar-refractivity contribution in [3.63, 3.8) is 0 Å². The van der Waals surface area contributed by atoms with Crippen LogP contribution >= 0.6 is 0 Å². The summed E-state index contributed by atoms with van der Waals surface area (Å²) in [5.74, 6) is 0.708. The Balaban J connectivity index is 2.28. The Bertz CT molecular complexity index is 914. The molecule has 0 aromatic heterocycles. The van der Waals surface area contributed by atoms with E-state index in [9.17, 15) is 9.90 Å². The number of carboxylic acid groups (broad SMARTS) is 1. The second-order valence-corrected chi connectivity index (χ2v) is 8.01.